The molecule has 0 radical (unpaired) electrons. The van der Waals surface area contributed by atoms with Crippen molar-refractivity contribution in [2.75, 3.05) is 25.6 Å². The second kappa shape index (κ2) is 9.10. The predicted octanol–water partition coefficient (Wildman–Crippen LogP) is 3.53. The summed E-state index contributed by atoms with van der Waals surface area (Å²) in [5.74, 6) is 0.217. The normalized spacial score (nSPS) is 10.2. The van der Waals surface area contributed by atoms with Crippen LogP contribution in [0.15, 0.2) is 36.4 Å². The third-order valence-electron chi connectivity index (χ3n) is 3.48. The van der Waals surface area contributed by atoms with E-state index in [0.717, 1.165) is 11.1 Å². The van der Waals surface area contributed by atoms with Gasteiger partial charge in [-0.3, -0.25) is 4.79 Å². The quantitative estimate of drug-likeness (QED) is 0.747. The number of carbonyl (C=O) groups is 2. The van der Waals surface area contributed by atoms with E-state index < -0.39 is 5.97 Å². The standard InChI is InChI=1S/C19H20ClNO5/c1-12-7-16(8-13(2)19(12)20)25-10-17(22)21-14-5-4-6-15(9-14)26-11-18(23)24-3/h4-9H,10-11H2,1-3H3,(H,21,22). The number of aryl methyl sites for hydroxylation is 2. The van der Waals surface area contributed by atoms with Crippen LogP contribution in [0.4, 0.5) is 5.69 Å². The molecule has 0 unspecified atom stereocenters. The second-order valence-corrected chi connectivity index (χ2v) is 5.98. The van der Waals surface area contributed by atoms with Crippen LogP contribution in [-0.2, 0) is 14.3 Å². The lowest BCUT2D eigenvalue weighted by Gasteiger charge is -2.11. The highest BCUT2D eigenvalue weighted by Crippen LogP contribution is 2.26. The second-order valence-electron chi connectivity index (χ2n) is 5.60. The molecule has 6 nitrogen and oxygen atoms in total. The zero-order valence-electron chi connectivity index (χ0n) is 14.8. The lowest BCUT2D eigenvalue weighted by molar-refractivity contribution is -0.142. The molecule has 1 amide bonds. The Morgan fingerprint density at radius 2 is 1.65 bits per heavy atom. The van der Waals surface area contributed by atoms with Crippen molar-refractivity contribution in [3.63, 3.8) is 0 Å². The summed E-state index contributed by atoms with van der Waals surface area (Å²) in [7, 11) is 1.28. The molecule has 2 aromatic carbocycles. The summed E-state index contributed by atoms with van der Waals surface area (Å²) < 4.78 is 15.3. The number of benzene rings is 2. The third kappa shape index (κ3) is 5.67. The number of anilines is 1. The lowest BCUT2D eigenvalue weighted by Crippen LogP contribution is -2.20. The number of nitrogens with one attached hydrogen (secondary N) is 1. The van der Waals surface area contributed by atoms with Gasteiger partial charge in [0.25, 0.3) is 5.91 Å². The minimum absolute atomic E-state index is 0.145. The largest absolute Gasteiger partial charge is 0.484 e. The zero-order valence-corrected chi connectivity index (χ0v) is 15.6. The lowest BCUT2D eigenvalue weighted by atomic mass is 10.1. The van der Waals surface area contributed by atoms with E-state index in [2.05, 4.69) is 10.1 Å². The number of esters is 1. The van der Waals surface area contributed by atoms with E-state index >= 15 is 0 Å². The maximum absolute atomic E-state index is 12.1. The molecule has 2 rings (SSSR count). The van der Waals surface area contributed by atoms with Gasteiger partial charge in [-0.15, -0.1) is 0 Å². The van der Waals surface area contributed by atoms with E-state index in [9.17, 15) is 9.59 Å². The highest BCUT2D eigenvalue weighted by molar-refractivity contribution is 6.32. The number of rotatable bonds is 7. The van der Waals surface area contributed by atoms with Gasteiger partial charge in [0.05, 0.1) is 7.11 Å². The number of carbonyl (C=O) groups excluding carboxylic acids is 2. The third-order valence-corrected chi connectivity index (χ3v) is 4.08. The molecule has 0 aliphatic heterocycles. The molecule has 0 heterocycles. The fourth-order valence-electron chi connectivity index (χ4n) is 2.20. The van der Waals surface area contributed by atoms with Gasteiger partial charge in [0.2, 0.25) is 0 Å². The van der Waals surface area contributed by atoms with Crippen LogP contribution >= 0.6 is 11.6 Å². The van der Waals surface area contributed by atoms with Crippen molar-refractivity contribution in [3.8, 4) is 11.5 Å². The molecule has 138 valence electrons. The van der Waals surface area contributed by atoms with Crippen LogP contribution in [0.5, 0.6) is 11.5 Å². The molecule has 2 aromatic rings. The number of ether oxygens (including phenoxy) is 3. The Kier molecular flexibility index (Phi) is 6.86. The number of methoxy groups -OCH3 is 1. The molecule has 0 fully saturated rings. The van der Waals surface area contributed by atoms with Crippen molar-refractivity contribution in [3.05, 3.63) is 52.5 Å². The van der Waals surface area contributed by atoms with Crippen LogP contribution in [0.1, 0.15) is 11.1 Å². The average Bonchev–Trinajstić information content (AvgIpc) is 2.62. The fraction of sp³-hybridized carbons (Fsp3) is 0.263. The maximum atomic E-state index is 12.1. The van der Waals surface area contributed by atoms with Crippen LogP contribution in [0.3, 0.4) is 0 Å². The first-order chi connectivity index (χ1) is 12.4. The van der Waals surface area contributed by atoms with Crippen molar-refractivity contribution >= 4 is 29.2 Å². The first-order valence-corrected chi connectivity index (χ1v) is 8.26. The Morgan fingerprint density at radius 3 is 2.31 bits per heavy atom. The SMILES string of the molecule is COC(=O)COc1cccc(NC(=O)COc2cc(C)c(Cl)c(C)c2)c1. The van der Waals surface area contributed by atoms with E-state index in [1.807, 2.05) is 13.8 Å². The van der Waals surface area contributed by atoms with E-state index in [1.165, 1.54) is 7.11 Å². The molecule has 7 heteroatoms. The molecular weight excluding hydrogens is 358 g/mol. The first-order valence-electron chi connectivity index (χ1n) is 7.88. The van der Waals surface area contributed by atoms with Crippen molar-refractivity contribution in [1.82, 2.24) is 0 Å². The highest BCUT2D eigenvalue weighted by atomic mass is 35.5. The van der Waals surface area contributed by atoms with Gasteiger partial charge in [0, 0.05) is 16.8 Å². The number of hydrogen-bond donors (Lipinski definition) is 1. The maximum Gasteiger partial charge on any atom is 0.343 e. The van der Waals surface area contributed by atoms with Crippen LogP contribution in [0.25, 0.3) is 0 Å². The number of halogens is 1. The predicted molar refractivity (Wildman–Crippen MR) is 99.0 cm³/mol. The van der Waals surface area contributed by atoms with Crippen molar-refractivity contribution in [2.45, 2.75) is 13.8 Å². The minimum Gasteiger partial charge on any atom is -0.484 e. The highest BCUT2D eigenvalue weighted by Gasteiger charge is 2.08. The van der Waals surface area contributed by atoms with Crippen molar-refractivity contribution in [1.29, 1.82) is 0 Å². The molecule has 0 aromatic heterocycles. The fourth-order valence-corrected chi connectivity index (χ4v) is 2.31. The Hall–Kier alpha value is -2.73. The first kappa shape index (κ1) is 19.6. The Morgan fingerprint density at radius 1 is 1.00 bits per heavy atom. The average molecular weight is 378 g/mol. The van der Waals surface area contributed by atoms with Gasteiger partial charge in [-0.1, -0.05) is 17.7 Å². The summed E-state index contributed by atoms with van der Waals surface area (Å²) in [5.41, 5.74) is 2.31. The van der Waals surface area contributed by atoms with E-state index in [-0.39, 0.29) is 19.1 Å². The summed E-state index contributed by atoms with van der Waals surface area (Å²) in [6.45, 7) is 3.41. The monoisotopic (exact) mass is 377 g/mol. The molecular formula is C19H20ClNO5. The van der Waals surface area contributed by atoms with E-state index in [4.69, 9.17) is 21.1 Å². The molecule has 0 saturated carbocycles. The molecule has 0 bridgehead atoms. The molecule has 0 saturated heterocycles. The van der Waals surface area contributed by atoms with Gasteiger partial charge in [-0.05, 0) is 49.2 Å². The Balaban J connectivity index is 1.90. The van der Waals surface area contributed by atoms with Gasteiger partial charge < -0.3 is 19.5 Å². The summed E-state index contributed by atoms with van der Waals surface area (Å²) in [6.07, 6.45) is 0. The Labute approximate surface area is 157 Å². The zero-order chi connectivity index (χ0) is 19.1. The topological polar surface area (TPSA) is 73.9 Å². The summed E-state index contributed by atoms with van der Waals surface area (Å²) in [5, 5.41) is 3.39. The van der Waals surface area contributed by atoms with Gasteiger partial charge in [-0.2, -0.15) is 0 Å². The Bertz CT molecular complexity index is 783. The van der Waals surface area contributed by atoms with Gasteiger partial charge >= 0.3 is 5.97 Å². The van der Waals surface area contributed by atoms with E-state index in [0.29, 0.717) is 22.2 Å². The van der Waals surface area contributed by atoms with Crippen molar-refractivity contribution < 1.29 is 23.8 Å². The van der Waals surface area contributed by atoms with Crippen LogP contribution < -0.4 is 14.8 Å². The molecule has 0 aliphatic carbocycles. The summed E-state index contributed by atoms with van der Waals surface area (Å²) in [6, 6.07) is 10.3. The number of amides is 1. The number of hydrogen-bond acceptors (Lipinski definition) is 5. The van der Waals surface area contributed by atoms with Crippen LogP contribution in [0.2, 0.25) is 5.02 Å². The molecule has 0 aliphatic rings. The van der Waals surface area contributed by atoms with Crippen LogP contribution in [0, 0.1) is 13.8 Å². The molecule has 1 N–H and O–H groups in total. The van der Waals surface area contributed by atoms with E-state index in [1.54, 1.807) is 36.4 Å². The molecule has 26 heavy (non-hydrogen) atoms. The summed E-state index contributed by atoms with van der Waals surface area (Å²) in [4.78, 5) is 23.2. The molecule has 0 spiro atoms. The van der Waals surface area contributed by atoms with Gasteiger partial charge in [0.15, 0.2) is 13.2 Å². The summed E-state index contributed by atoms with van der Waals surface area (Å²) >= 11 is 6.11. The smallest absolute Gasteiger partial charge is 0.343 e. The molecule has 0 atom stereocenters. The minimum atomic E-state index is -0.485. The van der Waals surface area contributed by atoms with Gasteiger partial charge in [-0.25, -0.2) is 4.79 Å². The van der Waals surface area contributed by atoms with Crippen molar-refractivity contribution in [2.24, 2.45) is 0 Å². The van der Waals surface area contributed by atoms with Gasteiger partial charge in [0.1, 0.15) is 11.5 Å². The van der Waals surface area contributed by atoms with Crippen LogP contribution in [-0.4, -0.2) is 32.2 Å².